The Morgan fingerprint density at radius 2 is 1.97 bits per heavy atom. The molecule has 2 heterocycles. The monoisotopic (exact) mass is 496 g/mol. The number of methoxy groups -OCH3 is 1. The molecule has 0 radical (unpaired) electrons. The van der Waals surface area contributed by atoms with Crippen LogP contribution in [0.3, 0.4) is 0 Å². The highest BCUT2D eigenvalue weighted by Gasteiger charge is 2.35. The van der Waals surface area contributed by atoms with Gasteiger partial charge in [-0.15, -0.1) is 11.3 Å². The summed E-state index contributed by atoms with van der Waals surface area (Å²) in [6.45, 7) is 7.39. The molecule has 0 saturated heterocycles. The number of hydrogen-bond acceptors (Lipinski definition) is 4. The molecule has 32 heavy (non-hydrogen) atoms. The van der Waals surface area contributed by atoms with E-state index < -0.39 is 0 Å². The zero-order chi connectivity index (χ0) is 23.5. The van der Waals surface area contributed by atoms with Crippen molar-refractivity contribution in [3.63, 3.8) is 0 Å². The molecule has 1 aromatic heterocycles. The lowest BCUT2D eigenvalue weighted by Gasteiger charge is -2.38. The van der Waals surface area contributed by atoms with Gasteiger partial charge in [0.1, 0.15) is 0 Å². The lowest BCUT2D eigenvalue weighted by molar-refractivity contribution is -0.143. The highest BCUT2D eigenvalue weighted by Crippen LogP contribution is 2.41. The summed E-state index contributed by atoms with van der Waals surface area (Å²) in [6.07, 6.45) is 1.15. The number of fused-ring (bicyclic) bond motifs is 1. The predicted molar refractivity (Wildman–Crippen MR) is 131 cm³/mol. The van der Waals surface area contributed by atoms with Crippen LogP contribution >= 0.6 is 34.5 Å². The van der Waals surface area contributed by atoms with Gasteiger partial charge in [0.25, 0.3) is 0 Å². The maximum absolute atomic E-state index is 13.6. The number of nitrogens with zero attached hydrogens (tertiary/aromatic N) is 2. The number of benzene rings is 1. The number of hydrogen-bond donors (Lipinski definition) is 0. The summed E-state index contributed by atoms with van der Waals surface area (Å²) in [5.74, 6) is -0.145. The van der Waals surface area contributed by atoms with Gasteiger partial charge in [-0.05, 0) is 46.5 Å². The lowest BCUT2D eigenvalue weighted by Crippen LogP contribution is -2.48. The SMILES string of the molecule is COCCN(CC(=O)N1CCc2sccc2C1c1ccc(Cl)cc1Cl)C(=O)CC(C)(C)C. The van der Waals surface area contributed by atoms with Crippen molar-refractivity contribution in [2.75, 3.05) is 33.4 Å². The van der Waals surface area contributed by atoms with Gasteiger partial charge < -0.3 is 14.5 Å². The van der Waals surface area contributed by atoms with Gasteiger partial charge in [0.2, 0.25) is 11.8 Å². The maximum Gasteiger partial charge on any atom is 0.242 e. The highest BCUT2D eigenvalue weighted by molar-refractivity contribution is 7.10. The molecule has 0 saturated carbocycles. The van der Waals surface area contributed by atoms with Crippen LogP contribution < -0.4 is 0 Å². The van der Waals surface area contributed by atoms with E-state index in [0.717, 1.165) is 17.5 Å². The summed E-state index contributed by atoms with van der Waals surface area (Å²) >= 11 is 14.4. The molecule has 174 valence electrons. The number of rotatable bonds is 7. The van der Waals surface area contributed by atoms with E-state index in [1.807, 2.05) is 37.1 Å². The molecule has 0 N–H and O–H groups in total. The third kappa shape index (κ3) is 6.04. The number of amides is 2. The Morgan fingerprint density at radius 1 is 1.22 bits per heavy atom. The van der Waals surface area contributed by atoms with Gasteiger partial charge in [-0.1, -0.05) is 50.0 Å². The standard InChI is InChI=1S/C24H30Cl2N2O3S/c1-24(2,3)14-21(29)27(10-11-31-4)15-22(30)28-9-7-20-18(8-12-32-20)23(28)17-6-5-16(25)13-19(17)26/h5-6,8,12-13,23H,7,9-11,14-15H2,1-4H3. The summed E-state index contributed by atoms with van der Waals surface area (Å²) in [4.78, 5) is 31.2. The Labute approximate surface area is 204 Å². The molecular weight excluding hydrogens is 467 g/mol. The van der Waals surface area contributed by atoms with E-state index in [9.17, 15) is 9.59 Å². The Hall–Kier alpha value is -1.60. The minimum absolute atomic E-state index is 0.0133. The summed E-state index contributed by atoms with van der Waals surface area (Å²) in [5, 5.41) is 3.13. The van der Waals surface area contributed by atoms with Crippen LogP contribution in [-0.2, 0) is 20.7 Å². The van der Waals surface area contributed by atoms with E-state index in [4.69, 9.17) is 27.9 Å². The first-order valence-corrected chi connectivity index (χ1v) is 12.3. The first-order valence-electron chi connectivity index (χ1n) is 10.7. The van der Waals surface area contributed by atoms with Crippen LogP contribution in [0.5, 0.6) is 0 Å². The van der Waals surface area contributed by atoms with Gasteiger partial charge in [0, 0.05) is 41.5 Å². The second-order valence-corrected chi connectivity index (χ2v) is 11.1. The third-order valence-electron chi connectivity index (χ3n) is 5.47. The first-order chi connectivity index (χ1) is 15.1. The molecule has 1 atom stereocenters. The number of ether oxygens (including phenoxy) is 1. The van der Waals surface area contributed by atoms with E-state index in [1.165, 1.54) is 4.88 Å². The van der Waals surface area contributed by atoms with Crippen molar-refractivity contribution < 1.29 is 14.3 Å². The number of thiophene rings is 1. The van der Waals surface area contributed by atoms with Gasteiger partial charge in [0.05, 0.1) is 19.2 Å². The fourth-order valence-electron chi connectivity index (χ4n) is 3.96. The molecule has 1 aliphatic rings. The fraction of sp³-hybridized carbons (Fsp3) is 0.500. The van der Waals surface area contributed by atoms with Crippen LogP contribution in [0.1, 0.15) is 49.2 Å². The molecule has 2 aromatic rings. The van der Waals surface area contributed by atoms with Crippen LogP contribution in [0.2, 0.25) is 10.0 Å². The molecule has 8 heteroatoms. The minimum Gasteiger partial charge on any atom is -0.383 e. The predicted octanol–water partition coefficient (Wildman–Crippen LogP) is 5.44. The molecule has 5 nitrogen and oxygen atoms in total. The zero-order valence-electron chi connectivity index (χ0n) is 19.0. The van der Waals surface area contributed by atoms with Crippen molar-refractivity contribution in [3.8, 4) is 0 Å². The van der Waals surface area contributed by atoms with Crippen molar-refractivity contribution >= 4 is 46.4 Å². The molecule has 0 fully saturated rings. The molecule has 3 rings (SSSR count). The summed E-state index contributed by atoms with van der Waals surface area (Å²) in [5.41, 5.74) is 1.76. The van der Waals surface area contributed by atoms with E-state index >= 15 is 0 Å². The summed E-state index contributed by atoms with van der Waals surface area (Å²) in [7, 11) is 1.59. The van der Waals surface area contributed by atoms with Crippen molar-refractivity contribution in [1.29, 1.82) is 0 Å². The molecule has 0 bridgehead atoms. The van der Waals surface area contributed by atoms with Crippen LogP contribution in [0, 0.1) is 5.41 Å². The second-order valence-electron chi connectivity index (χ2n) is 9.25. The van der Waals surface area contributed by atoms with E-state index in [0.29, 0.717) is 36.2 Å². The smallest absolute Gasteiger partial charge is 0.242 e. The van der Waals surface area contributed by atoms with Crippen molar-refractivity contribution in [2.45, 2.75) is 39.7 Å². The maximum atomic E-state index is 13.6. The number of carbonyl (C=O) groups excluding carboxylic acids is 2. The van der Waals surface area contributed by atoms with Crippen molar-refractivity contribution in [3.05, 3.63) is 55.7 Å². The van der Waals surface area contributed by atoms with Crippen molar-refractivity contribution in [1.82, 2.24) is 9.80 Å². The Morgan fingerprint density at radius 3 is 2.62 bits per heavy atom. The first kappa shape index (κ1) is 25.0. The Bertz CT molecular complexity index is 970. The van der Waals surface area contributed by atoms with Crippen LogP contribution in [-0.4, -0.2) is 55.0 Å². The van der Waals surface area contributed by atoms with Gasteiger partial charge >= 0.3 is 0 Å². The Balaban J connectivity index is 1.89. The summed E-state index contributed by atoms with van der Waals surface area (Å²) in [6, 6.07) is 7.14. The molecule has 1 aliphatic heterocycles. The molecular formula is C24H30Cl2N2O3S. The van der Waals surface area contributed by atoms with E-state index in [-0.39, 0.29) is 29.8 Å². The molecule has 1 aromatic carbocycles. The van der Waals surface area contributed by atoms with Gasteiger partial charge in [-0.2, -0.15) is 0 Å². The topological polar surface area (TPSA) is 49.9 Å². The van der Waals surface area contributed by atoms with Crippen LogP contribution in [0.25, 0.3) is 0 Å². The second kappa shape index (κ2) is 10.6. The molecule has 1 unspecified atom stereocenters. The number of halogens is 2. The molecule has 2 amide bonds. The van der Waals surface area contributed by atoms with Gasteiger partial charge in [0.15, 0.2) is 0 Å². The van der Waals surface area contributed by atoms with Crippen LogP contribution in [0.15, 0.2) is 29.6 Å². The third-order valence-corrected chi connectivity index (χ3v) is 7.03. The van der Waals surface area contributed by atoms with Gasteiger partial charge in [-0.3, -0.25) is 9.59 Å². The molecule has 0 spiro atoms. The lowest BCUT2D eigenvalue weighted by atomic mass is 9.91. The fourth-order valence-corrected chi connectivity index (χ4v) is 5.37. The Kier molecular flexibility index (Phi) is 8.26. The summed E-state index contributed by atoms with van der Waals surface area (Å²) < 4.78 is 5.19. The van der Waals surface area contributed by atoms with E-state index in [2.05, 4.69) is 6.07 Å². The average Bonchev–Trinajstić information content (AvgIpc) is 3.18. The van der Waals surface area contributed by atoms with Crippen molar-refractivity contribution in [2.24, 2.45) is 5.41 Å². The van der Waals surface area contributed by atoms with Crippen LogP contribution in [0.4, 0.5) is 0 Å². The van der Waals surface area contributed by atoms with E-state index in [1.54, 1.807) is 35.5 Å². The zero-order valence-corrected chi connectivity index (χ0v) is 21.3. The normalized spacial score (nSPS) is 16.1. The molecule has 0 aliphatic carbocycles. The quantitative estimate of drug-likeness (QED) is 0.512. The number of carbonyl (C=O) groups is 2. The average molecular weight is 497 g/mol. The minimum atomic E-state index is -0.302. The highest BCUT2D eigenvalue weighted by atomic mass is 35.5. The van der Waals surface area contributed by atoms with Gasteiger partial charge in [-0.25, -0.2) is 0 Å². The largest absolute Gasteiger partial charge is 0.383 e.